The van der Waals surface area contributed by atoms with Crippen LogP contribution in [-0.2, 0) is 18.3 Å². The van der Waals surface area contributed by atoms with Crippen molar-refractivity contribution in [2.45, 2.75) is 12.5 Å². The summed E-state index contributed by atoms with van der Waals surface area (Å²) in [6.07, 6.45) is 0.880. The monoisotopic (exact) mass is 323 g/mol. The van der Waals surface area contributed by atoms with Crippen molar-refractivity contribution in [2.75, 3.05) is 13.6 Å². The van der Waals surface area contributed by atoms with Crippen LogP contribution in [-0.4, -0.2) is 50.4 Å². The minimum Gasteiger partial charge on any atom is -0.478 e. The van der Waals surface area contributed by atoms with Gasteiger partial charge < -0.3 is 15.1 Å². The molecule has 0 saturated heterocycles. The summed E-state index contributed by atoms with van der Waals surface area (Å²) in [4.78, 5) is 25.1. The third-order valence-electron chi connectivity index (χ3n) is 3.30. The van der Waals surface area contributed by atoms with Gasteiger partial charge in [0.15, 0.2) is 0 Å². The molecule has 2 N–H and O–H groups in total. The number of carbonyl (C=O) groups is 2. The number of carbonyl (C=O) groups excluding carboxylic acids is 1. The zero-order chi connectivity index (χ0) is 16.3. The van der Waals surface area contributed by atoms with Crippen LogP contribution < -0.4 is 0 Å². The van der Waals surface area contributed by atoms with E-state index in [4.69, 9.17) is 5.11 Å². The molecule has 0 aromatic carbocycles. The van der Waals surface area contributed by atoms with Crippen molar-refractivity contribution in [3.05, 3.63) is 39.8 Å². The number of aryl methyl sites for hydroxylation is 1. The Labute approximate surface area is 131 Å². The van der Waals surface area contributed by atoms with Crippen LogP contribution in [0.15, 0.2) is 23.7 Å². The fourth-order valence-corrected chi connectivity index (χ4v) is 2.88. The number of carboxylic acid groups (broad SMARTS) is 1. The third kappa shape index (κ3) is 3.71. The molecular weight excluding hydrogens is 306 g/mol. The highest BCUT2D eigenvalue weighted by molar-refractivity contribution is 7.10. The number of aromatic nitrogens is 2. The van der Waals surface area contributed by atoms with Gasteiger partial charge in [-0.1, -0.05) is 0 Å². The number of nitrogens with zero attached hydrogens (tertiary/aromatic N) is 3. The van der Waals surface area contributed by atoms with Crippen LogP contribution in [0.1, 0.15) is 27.0 Å². The van der Waals surface area contributed by atoms with E-state index in [2.05, 4.69) is 5.10 Å². The van der Waals surface area contributed by atoms with Gasteiger partial charge in [-0.2, -0.15) is 5.10 Å². The molecule has 0 aliphatic rings. The zero-order valence-electron chi connectivity index (χ0n) is 12.3. The van der Waals surface area contributed by atoms with Crippen LogP contribution in [0.4, 0.5) is 0 Å². The summed E-state index contributed by atoms with van der Waals surface area (Å²) >= 11 is 1.24. The quantitative estimate of drug-likeness (QED) is 0.824. The van der Waals surface area contributed by atoms with Crippen molar-refractivity contribution in [1.82, 2.24) is 14.7 Å². The molecule has 7 nitrogen and oxygen atoms in total. The Balaban J connectivity index is 1.94. The number of aliphatic hydroxyl groups excluding tert-OH is 1. The summed E-state index contributed by atoms with van der Waals surface area (Å²) in [6.45, 7) is 0.148. The van der Waals surface area contributed by atoms with Gasteiger partial charge in [-0.05, 0) is 12.1 Å². The second kappa shape index (κ2) is 6.71. The van der Waals surface area contributed by atoms with E-state index < -0.39 is 12.1 Å². The molecule has 22 heavy (non-hydrogen) atoms. The van der Waals surface area contributed by atoms with Crippen molar-refractivity contribution >= 4 is 23.2 Å². The average Bonchev–Trinajstić information content (AvgIpc) is 3.07. The first-order valence-corrected chi connectivity index (χ1v) is 7.47. The Hall–Kier alpha value is -2.19. The molecule has 118 valence electrons. The maximum atomic E-state index is 12.1. The Kier molecular flexibility index (Phi) is 4.94. The zero-order valence-corrected chi connectivity index (χ0v) is 13.1. The molecular formula is C14H17N3O4S. The molecule has 0 aliphatic heterocycles. The summed E-state index contributed by atoms with van der Waals surface area (Å²) in [6, 6.07) is 3.19. The van der Waals surface area contributed by atoms with E-state index in [9.17, 15) is 14.7 Å². The van der Waals surface area contributed by atoms with Gasteiger partial charge in [-0.3, -0.25) is 9.48 Å². The Morgan fingerprint density at radius 3 is 2.77 bits per heavy atom. The van der Waals surface area contributed by atoms with Gasteiger partial charge in [0, 0.05) is 30.5 Å². The lowest BCUT2D eigenvalue weighted by Crippen LogP contribution is -2.32. The number of thiophene rings is 1. The first-order chi connectivity index (χ1) is 10.4. The van der Waals surface area contributed by atoms with Crippen LogP contribution in [0.3, 0.4) is 0 Å². The van der Waals surface area contributed by atoms with Crippen molar-refractivity contribution in [2.24, 2.45) is 7.05 Å². The summed E-state index contributed by atoms with van der Waals surface area (Å²) in [5.41, 5.74) is 0.814. The highest BCUT2D eigenvalue weighted by Crippen LogP contribution is 2.17. The minimum absolute atomic E-state index is 0.118. The van der Waals surface area contributed by atoms with Gasteiger partial charge >= 0.3 is 5.97 Å². The topological polar surface area (TPSA) is 95.7 Å². The van der Waals surface area contributed by atoms with E-state index in [1.165, 1.54) is 27.7 Å². The molecule has 2 rings (SSSR count). The van der Waals surface area contributed by atoms with E-state index in [0.29, 0.717) is 10.6 Å². The SMILES string of the molecule is CN(CC(O)c1ccnn1C)C(=O)Cc1cc(C(=O)O)cs1. The number of aliphatic hydroxyl groups is 1. The Morgan fingerprint density at radius 2 is 2.23 bits per heavy atom. The molecule has 2 heterocycles. The number of amides is 1. The van der Waals surface area contributed by atoms with Crippen molar-refractivity contribution in [3.8, 4) is 0 Å². The highest BCUT2D eigenvalue weighted by atomic mass is 32.1. The summed E-state index contributed by atoms with van der Waals surface area (Å²) < 4.78 is 1.56. The predicted molar refractivity (Wildman–Crippen MR) is 80.8 cm³/mol. The number of carboxylic acids is 1. The van der Waals surface area contributed by atoms with Crippen molar-refractivity contribution in [3.63, 3.8) is 0 Å². The largest absolute Gasteiger partial charge is 0.478 e. The van der Waals surface area contributed by atoms with E-state index >= 15 is 0 Å². The Bertz CT molecular complexity index is 679. The fourth-order valence-electron chi connectivity index (χ4n) is 2.04. The van der Waals surface area contributed by atoms with Gasteiger partial charge in [-0.15, -0.1) is 11.3 Å². The molecule has 0 saturated carbocycles. The van der Waals surface area contributed by atoms with Crippen LogP contribution in [0.5, 0.6) is 0 Å². The molecule has 2 aromatic rings. The van der Waals surface area contributed by atoms with Gasteiger partial charge in [0.2, 0.25) is 5.91 Å². The van der Waals surface area contributed by atoms with Crippen LogP contribution in [0, 0.1) is 0 Å². The molecule has 1 unspecified atom stereocenters. The first kappa shape index (κ1) is 16.2. The lowest BCUT2D eigenvalue weighted by Gasteiger charge is -2.20. The summed E-state index contributed by atoms with van der Waals surface area (Å²) in [5.74, 6) is -1.19. The van der Waals surface area contributed by atoms with E-state index in [1.807, 2.05) is 0 Å². The number of hydrogen-bond donors (Lipinski definition) is 2. The molecule has 0 aliphatic carbocycles. The molecule has 0 bridgehead atoms. The fraction of sp³-hybridized carbons (Fsp3) is 0.357. The van der Waals surface area contributed by atoms with Crippen molar-refractivity contribution < 1.29 is 19.8 Å². The highest BCUT2D eigenvalue weighted by Gasteiger charge is 2.18. The molecule has 1 amide bonds. The second-order valence-corrected chi connectivity index (χ2v) is 5.95. The normalized spacial score (nSPS) is 12.1. The van der Waals surface area contributed by atoms with Crippen LogP contribution >= 0.6 is 11.3 Å². The van der Waals surface area contributed by atoms with E-state index in [0.717, 1.165) is 0 Å². The van der Waals surface area contributed by atoms with Crippen molar-refractivity contribution in [1.29, 1.82) is 0 Å². The standard InChI is InChI=1S/C14H17N3O4S/c1-16(7-12(18)11-3-4-15-17(11)2)13(19)6-10-5-9(8-22-10)14(20)21/h3-5,8,12,18H,6-7H2,1-2H3,(H,20,21). The molecule has 0 spiro atoms. The number of rotatable bonds is 6. The number of hydrogen-bond acceptors (Lipinski definition) is 5. The van der Waals surface area contributed by atoms with Gasteiger partial charge in [0.05, 0.1) is 24.2 Å². The maximum Gasteiger partial charge on any atom is 0.336 e. The van der Waals surface area contributed by atoms with E-state index in [1.54, 1.807) is 31.0 Å². The molecule has 8 heteroatoms. The number of likely N-dealkylation sites (N-methyl/N-ethyl adjacent to an activating group) is 1. The Morgan fingerprint density at radius 1 is 1.50 bits per heavy atom. The predicted octanol–water partition coefficient (Wildman–Crippen LogP) is 0.914. The molecule has 0 fully saturated rings. The second-order valence-electron chi connectivity index (χ2n) is 4.95. The lowest BCUT2D eigenvalue weighted by atomic mass is 10.2. The van der Waals surface area contributed by atoms with Gasteiger partial charge in [0.25, 0.3) is 0 Å². The smallest absolute Gasteiger partial charge is 0.336 e. The molecule has 2 aromatic heterocycles. The van der Waals surface area contributed by atoms with Gasteiger partial charge in [0.1, 0.15) is 6.10 Å². The summed E-state index contributed by atoms with van der Waals surface area (Å²) in [7, 11) is 3.33. The minimum atomic E-state index is -1.00. The molecule has 1 atom stereocenters. The van der Waals surface area contributed by atoms with E-state index in [-0.39, 0.29) is 24.4 Å². The first-order valence-electron chi connectivity index (χ1n) is 6.59. The van der Waals surface area contributed by atoms with Gasteiger partial charge in [-0.25, -0.2) is 4.79 Å². The third-order valence-corrected chi connectivity index (χ3v) is 4.24. The maximum absolute atomic E-state index is 12.1. The lowest BCUT2D eigenvalue weighted by molar-refractivity contribution is -0.130. The summed E-state index contributed by atoms with van der Waals surface area (Å²) in [5, 5.41) is 24.5. The number of aromatic carboxylic acids is 1. The molecule has 0 radical (unpaired) electrons. The van der Waals surface area contributed by atoms with Crippen LogP contribution in [0.2, 0.25) is 0 Å². The average molecular weight is 323 g/mol. The van der Waals surface area contributed by atoms with Crippen LogP contribution in [0.25, 0.3) is 0 Å².